The van der Waals surface area contributed by atoms with Gasteiger partial charge in [-0.25, -0.2) is 4.98 Å². The molecule has 1 fully saturated rings. The number of aryl methyl sites for hydroxylation is 1. The minimum atomic E-state index is -0.196. The zero-order valence-electron chi connectivity index (χ0n) is 13.3. The molecular formula is C16H21N3O3. The molecule has 0 atom stereocenters. The van der Waals surface area contributed by atoms with E-state index in [1.54, 1.807) is 16.4 Å². The first-order valence-electron chi connectivity index (χ1n) is 7.77. The second kappa shape index (κ2) is 5.59. The first-order valence-corrected chi connectivity index (χ1v) is 7.77. The standard InChI is InChI=1S/C16H21N3O3/c1-10(2)8-19-9-17-14-13(16(19)21)12(11(3)22-14)15(20)18-6-4-5-7-18/h9-10H,4-8H2,1-3H3. The van der Waals surface area contributed by atoms with Gasteiger partial charge in [0.05, 0.1) is 5.56 Å². The predicted octanol–water partition coefficient (Wildman–Crippen LogP) is 2.19. The highest BCUT2D eigenvalue weighted by Gasteiger charge is 2.28. The van der Waals surface area contributed by atoms with Crippen LogP contribution in [0.25, 0.3) is 11.1 Å². The highest BCUT2D eigenvalue weighted by Crippen LogP contribution is 2.24. The molecule has 1 aliphatic heterocycles. The lowest BCUT2D eigenvalue weighted by Gasteiger charge is -2.14. The molecule has 0 N–H and O–H groups in total. The summed E-state index contributed by atoms with van der Waals surface area (Å²) < 4.78 is 7.11. The van der Waals surface area contributed by atoms with Gasteiger partial charge in [-0.05, 0) is 25.7 Å². The molecule has 2 aromatic rings. The number of nitrogens with zero attached hydrogens (tertiary/aromatic N) is 3. The lowest BCUT2D eigenvalue weighted by atomic mass is 10.1. The zero-order valence-corrected chi connectivity index (χ0v) is 13.3. The molecule has 22 heavy (non-hydrogen) atoms. The number of amides is 1. The van der Waals surface area contributed by atoms with Gasteiger partial charge in [0.1, 0.15) is 17.5 Å². The van der Waals surface area contributed by atoms with Crippen molar-refractivity contribution in [3.63, 3.8) is 0 Å². The summed E-state index contributed by atoms with van der Waals surface area (Å²) in [4.78, 5) is 31.4. The van der Waals surface area contributed by atoms with Crippen LogP contribution in [0.5, 0.6) is 0 Å². The zero-order chi connectivity index (χ0) is 15.9. The Kier molecular flexibility index (Phi) is 3.76. The minimum Gasteiger partial charge on any atom is -0.442 e. The average Bonchev–Trinajstić information content (AvgIpc) is 3.08. The van der Waals surface area contributed by atoms with E-state index in [1.165, 1.54) is 6.33 Å². The van der Waals surface area contributed by atoms with Crippen LogP contribution in [0.4, 0.5) is 0 Å². The number of hydrogen-bond donors (Lipinski definition) is 0. The third kappa shape index (κ3) is 2.42. The maximum atomic E-state index is 12.7. The van der Waals surface area contributed by atoms with Gasteiger partial charge in [0.15, 0.2) is 0 Å². The Bertz CT molecular complexity index is 767. The van der Waals surface area contributed by atoms with Gasteiger partial charge in [-0.15, -0.1) is 0 Å². The topological polar surface area (TPSA) is 68.3 Å². The summed E-state index contributed by atoms with van der Waals surface area (Å²) >= 11 is 0. The number of furan rings is 1. The largest absolute Gasteiger partial charge is 0.442 e. The van der Waals surface area contributed by atoms with Gasteiger partial charge in [0.2, 0.25) is 5.71 Å². The Labute approximate surface area is 128 Å². The van der Waals surface area contributed by atoms with E-state index in [2.05, 4.69) is 4.98 Å². The van der Waals surface area contributed by atoms with Gasteiger partial charge < -0.3 is 9.32 Å². The third-order valence-electron chi connectivity index (χ3n) is 4.02. The summed E-state index contributed by atoms with van der Waals surface area (Å²) in [5.74, 6) is 0.677. The monoisotopic (exact) mass is 303 g/mol. The second-order valence-corrected chi connectivity index (χ2v) is 6.31. The molecule has 6 nitrogen and oxygen atoms in total. The molecule has 118 valence electrons. The fourth-order valence-corrected chi connectivity index (χ4v) is 3.00. The highest BCUT2D eigenvalue weighted by molar-refractivity contribution is 6.06. The molecule has 0 aromatic carbocycles. The highest BCUT2D eigenvalue weighted by atomic mass is 16.3. The molecule has 0 aliphatic carbocycles. The van der Waals surface area contributed by atoms with E-state index in [0.29, 0.717) is 29.2 Å². The minimum absolute atomic E-state index is 0.116. The molecule has 3 heterocycles. The molecule has 0 saturated carbocycles. The molecule has 1 amide bonds. The van der Waals surface area contributed by atoms with Crippen molar-refractivity contribution in [2.75, 3.05) is 13.1 Å². The number of carbonyl (C=O) groups is 1. The number of hydrogen-bond acceptors (Lipinski definition) is 4. The van der Waals surface area contributed by atoms with E-state index < -0.39 is 0 Å². The molecule has 2 aromatic heterocycles. The van der Waals surface area contributed by atoms with Crippen LogP contribution in [0.2, 0.25) is 0 Å². The van der Waals surface area contributed by atoms with Crippen LogP contribution in [0.3, 0.4) is 0 Å². The molecule has 0 radical (unpaired) electrons. The number of fused-ring (bicyclic) bond motifs is 1. The van der Waals surface area contributed by atoms with Crippen LogP contribution >= 0.6 is 0 Å². The van der Waals surface area contributed by atoms with Crippen molar-refractivity contribution >= 4 is 17.0 Å². The maximum absolute atomic E-state index is 12.7. The maximum Gasteiger partial charge on any atom is 0.265 e. The Morgan fingerprint density at radius 1 is 1.36 bits per heavy atom. The SMILES string of the molecule is Cc1oc2ncn(CC(C)C)c(=O)c2c1C(=O)N1CCCC1. The van der Waals surface area contributed by atoms with E-state index >= 15 is 0 Å². The molecule has 1 aliphatic rings. The van der Waals surface area contributed by atoms with Crippen molar-refractivity contribution in [1.82, 2.24) is 14.5 Å². The van der Waals surface area contributed by atoms with Crippen molar-refractivity contribution in [3.8, 4) is 0 Å². The molecule has 1 saturated heterocycles. The molecule has 6 heteroatoms. The fourth-order valence-electron chi connectivity index (χ4n) is 3.00. The lowest BCUT2D eigenvalue weighted by molar-refractivity contribution is 0.0792. The molecule has 0 unspecified atom stereocenters. The molecule has 0 bridgehead atoms. The summed E-state index contributed by atoms with van der Waals surface area (Å²) in [7, 11) is 0. The van der Waals surface area contributed by atoms with Crippen molar-refractivity contribution < 1.29 is 9.21 Å². The average molecular weight is 303 g/mol. The van der Waals surface area contributed by atoms with Crippen molar-refractivity contribution in [2.24, 2.45) is 5.92 Å². The quantitative estimate of drug-likeness (QED) is 0.871. The van der Waals surface area contributed by atoms with Gasteiger partial charge in [0.25, 0.3) is 11.5 Å². The summed E-state index contributed by atoms with van der Waals surface area (Å²) in [5.41, 5.74) is 0.440. The number of likely N-dealkylation sites (tertiary alicyclic amines) is 1. The Morgan fingerprint density at radius 2 is 2.05 bits per heavy atom. The molecule has 0 spiro atoms. The van der Waals surface area contributed by atoms with Crippen LogP contribution in [-0.4, -0.2) is 33.4 Å². The van der Waals surface area contributed by atoms with Crippen LogP contribution in [0.1, 0.15) is 42.8 Å². The fraction of sp³-hybridized carbons (Fsp3) is 0.562. The Morgan fingerprint density at radius 3 is 2.68 bits per heavy atom. The Balaban J connectivity index is 2.14. The van der Waals surface area contributed by atoms with Crippen LogP contribution in [-0.2, 0) is 6.54 Å². The van der Waals surface area contributed by atoms with Gasteiger partial charge in [0, 0.05) is 19.6 Å². The first kappa shape index (κ1) is 14.8. The van der Waals surface area contributed by atoms with Crippen molar-refractivity contribution in [1.29, 1.82) is 0 Å². The van der Waals surface area contributed by atoms with Crippen LogP contribution in [0.15, 0.2) is 15.5 Å². The lowest BCUT2D eigenvalue weighted by Crippen LogP contribution is -2.30. The number of aromatic nitrogens is 2. The van der Waals surface area contributed by atoms with Gasteiger partial charge in [-0.2, -0.15) is 0 Å². The van der Waals surface area contributed by atoms with E-state index in [-0.39, 0.29) is 17.2 Å². The van der Waals surface area contributed by atoms with E-state index in [9.17, 15) is 9.59 Å². The summed E-state index contributed by atoms with van der Waals surface area (Å²) in [6.07, 6.45) is 3.52. The van der Waals surface area contributed by atoms with Crippen LogP contribution < -0.4 is 5.56 Å². The number of carbonyl (C=O) groups excluding carboxylic acids is 1. The number of rotatable bonds is 3. The van der Waals surface area contributed by atoms with Gasteiger partial charge in [-0.1, -0.05) is 13.8 Å². The Hall–Kier alpha value is -2.11. The summed E-state index contributed by atoms with van der Waals surface area (Å²) in [5, 5.41) is 0.317. The molecular weight excluding hydrogens is 282 g/mol. The molecule has 3 rings (SSSR count). The van der Waals surface area contributed by atoms with Crippen molar-refractivity contribution in [3.05, 3.63) is 28.0 Å². The van der Waals surface area contributed by atoms with E-state index in [4.69, 9.17) is 4.42 Å². The first-order chi connectivity index (χ1) is 10.5. The summed E-state index contributed by atoms with van der Waals surface area (Å²) in [6.45, 7) is 7.85. The second-order valence-electron chi connectivity index (χ2n) is 6.31. The van der Waals surface area contributed by atoms with Crippen LogP contribution in [0, 0.1) is 12.8 Å². The smallest absolute Gasteiger partial charge is 0.265 e. The summed E-state index contributed by atoms with van der Waals surface area (Å²) in [6, 6.07) is 0. The third-order valence-corrected chi connectivity index (χ3v) is 4.02. The van der Waals surface area contributed by atoms with Crippen molar-refractivity contribution in [2.45, 2.75) is 40.2 Å². The van der Waals surface area contributed by atoms with Gasteiger partial charge in [-0.3, -0.25) is 14.2 Å². The normalized spacial score (nSPS) is 15.2. The predicted molar refractivity (Wildman–Crippen MR) is 83.0 cm³/mol. The van der Waals surface area contributed by atoms with E-state index in [1.807, 2.05) is 13.8 Å². The van der Waals surface area contributed by atoms with Gasteiger partial charge >= 0.3 is 0 Å². The van der Waals surface area contributed by atoms with E-state index in [0.717, 1.165) is 25.9 Å².